The molecule has 0 N–H and O–H groups in total. The number of fused-ring (bicyclic) bond motifs is 2. The summed E-state index contributed by atoms with van der Waals surface area (Å²) in [5, 5.41) is 2.37. The number of ether oxygens (including phenoxy) is 1. The lowest BCUT2D eigenvalue weighted by molar-refractivity contribution is 0.119. The zero-order valence-electron chi connectivity index (χ0n) is 13.2. The Hall–Kier alpha value is -1.78. The van der Waals surface area contributed by atoms with Gasteiger partial charge in [0.2, 0.25) is 0 Å². The zero-order chi connectivity index (χ0) is 16.0. The molecule has 1 aliphatic heterocycles. The second kappa shape index (κ2) is 5.69. The molecule has 1 atom stereocenters. The van der Waals surface area contributed by atoms with Gasteiger partial charge in [-0.3, -0.25) is 4.90 Å². The van der Waals surface area contributed by atoms with Gasteiger partial charge in [-0.2, -0.15) is 0 Å². The van der Waals surface area contributed by atoms with Crippen molar-refractivity contribution >= 4 is 26.7 Å². The Bertz CT molecular complexity index is 871. The van der Waals surface area contributed by atoms with E-state index in [2.05, 4.69) is 52.1 Å². The number of rotatable bonds is 2. The van der Waals surface area contributed by atoms with Gasteiger partial charge in [0.05, 0.1) is 11.0 Å². The number of aryl methyl sites for hydroxylation is 1. The van der Waals surface area contributed by atoms with Gasteiger partial charge in [-0.1, -0.05) is 30.3 Å². The molecule has 23 heavy (non-hydrogen) atoms. The quantitative estimate of drug-likeness (QED) is 0.628. The maximum atomic E-state index is 6.36. The second-order valence-electron chi connectivity index (χ2n) is 6.14. The zero-order valence-corrected chi connectivity index (χ0v) is 14.8. The van der Waals surface area contributed by atoms with Gasteiger partial charge >= 0.3 is 0 Å². The van der Waals surface area contributed by atoms with Crippen molar-refractivity contribution in [3.05, 3.63) is 64.0 Å². The molecule has 0 spiro atoms. The van der Waals surface area contributed by atoms with Crippen LogP contribution < -0.4 is 4.74 Å². The van der Waals surface area contributed by atoms with E-state index in [9.17, 15) is 0 Å². The average molecular weight is 372 g/mol. The average Bonchev–Trinajstić information content (AvgIpc) is 2.90. The van der Waals surface area contributed by atoms with Gasteiger partial charge in [-0.05, 0) is 52.8 Å². The number of furan rings is 1. The van der Waals surface area contributed by atoms with Gasteiger partial charge in [0.25, 0.3) is 0 Å². The summed E-state index contributed by atoms with van der Waals surface area (Å²) in [6.07, 6.45) is -0.0151. The molecule has 1 aromatic heterocycles. The van der Waals surface area contributed by atoms with Gasteiger partial charge in [-0.15, -0.1) is 0 Å². The molecule has 4 rings (SSSR count). The first kappa shape index (κ1) is 14.8. The molecule has 3 nitrogen and oxygen atoms in total. The Morgan fingerprint density at radius 1 is 1.22 bits per heavy atom. The molecule has 0 amide bonds. The Kier molecular flexibility index (Phi) is 3.66. The molecule has 2 aromatic carbocycles. The molecule has 0 aliphatic carbocycles. The highest BCUT2D eigenvalue weighted by Crippen LogP contribution is 2.38. The lowest BCUT2D eigenvalue weighted by Gasteiger charge is -2.29. The second-order valence-corrected chi connectivity index (χ2v) is 6.93. The third-order valence-corrected chi connectivity index (χ3v) is 5.12. The van der Waals surface area contributed by atoms with Crippen molar-refractivity contribution in [2.24, 2.45) is 0 Å². The minimum atomic E-state index is -0.0151. The SMILES string of the molecule is Cc1cc2c(o1)CN(C)CC2Oc1ccc2ccccc2c1Br. The number of likely N-dealkylation sites (N-methyl/N-ethyl adjacent to an activating group) is 1. The minimum Gasteiger partial charge on any atom is -0.483 e. The molecule has 0 bridgehead atoms. The Labute approximate surface area is 144 Å². The van der Waals surface area contributed by atoms with Gasteiger partial charge in [-0.25, -0.2) is 0 Å². The fourth-order valence-electron chi connectivity index (χ4n) is 3.23. The largest absolute Gasteiger partial charge is 0.483 e. The summed E-state index contributed by atoms with van der Waals surface area (Å²) < 4.78 is 13.2. The predicted octanol–water partition coefficient (Wildman–Crippen LogP) is 5.07. The molecule has 0 radical (unpaired) electrons. The van der Waals surface area contributed by atoms with Crippen molar-refractivity contribution in [3.63, 3.8) is 0 Å². The third-order valence-electron chi connectivity index (χ3n) is 4.30. The van der Waals surface area contributed by atoms with Gasteiger partial charge in [0, 0.05) is 12.1 Å². The fraction of sp³-hybridized carbons (Fsp3) is 0.263. The summed E-state index contributed by atoms with van der Waals surface area (Å²) in [6.45, 7) is 3.68. The van der Waals surface area contributed by atoms with Gasteiger partial charge < -0.3 is 9.15 Å². The number of benzene rings is 2. The molecular formula is C19H18BrNO2. The van der Waals surface area contributed by atoms with E-state index in [0.29, 0.717) is 0 Å². The Morgan fingerprint density at radius 2 is 2.04 bits per heavy atom. The van der Waals surface area contributed by atoms with Crippen LogP contribution in [-0.2, 0) is 6.54 Å². The van der Waals surface area contributed by atoms with E-state index < -0.39 is 0 Å². The van der Waals surface area contributed by atoms with Crippen molar-refractivity contribution < 1.29 is 9.15 Å². The van der Waals surface area contributed by atoms with Crippen molar-refractivity contribution in [2.45, 2.75) is 19.6 Å². The van der Waals surface area contributed by atoms with Crippen LogP contribution in [0.4, 0.5) is 0 Å². The summed E-state index contributed by atoms with van der Waals surface area (Å²) in [4.78, 5) is 2.23. The molecule has 1 unspecified atom stereocenters. The van der Waals surface area contributed by atoms with Crippen LogP contribution in [0.5, 0.6) is 5.75 Å². The minimum absolute atomic E-state index is 0.0151. The maximum absolute atomic E-state index is 6.36. The lowest BCUT2D eigenvalue weighted by Crippen LogP contribution is -2.32. The summed E-state index contributed by atoms with van der Waals surface area (Å²) in [5.74, 6) is 2.82. The first-order valence-corrected chi connectivity index (χ1v) is 8.53. The van der Waals surface area contributed by atoms with Gasteiger partial charge in [0.1, 0.15) is 23.4 Å². The summed E-state index contributed by atoms with van der Waals surface area (Å²) >= 11 is 3.71. The standard InChI is InChI=1S/C19H18BrNO2/c1-12-9-15-17(22-12)10-21(2)11-18(15)23-16-8-7-13-5-3-4-6-14(13)19(16)20/h3-9,18H,10-11H2,1-2H3. The van der Waals surface area contributed by atoms with Crippen LogP contribution in [0.15, 0.2) is 51.4 Å². The lowest BCUT2D eigenvalue weighted by atomic mass is 10.0. The highest BCUT2D eigenvalue weighted by atomic mass is 79.9. The molecule has 2 heterocycles. The molecule has 4 heteroatoms. The van der Waals surface area contributed by atoms with Crippen LogP contribution in [0.2, 0.25) is 0 Å². The van der Waals surface area contributed by atoms with Crippen molar-refractivity contribution in [2.75, 3.05) is 13.6 Å². The fourth-order valence-corrected chi connectivity index (χ4v) is 3.81. The molecule has 1 aliphatic rings. The van der Waals surface area contributed by atoms with Crippen molar-refractivity contribution in [1.82, 2.24) is 4.90 Å². The van der Waals surface area contributed by atoms with E-state index in [1.165, 1.54) is 10.9 Å². The van der Waals surface area contributed by atoms with Crippen molar-refractivity contribution in [1.29, 1.82) is 0 Å². The molecule has 0 fully saturated rings. The normalized spacial score (nSPS) is 18.1. The smallest absolute Gasteiger partial charge is 0.140 e. The molecule has 118 valence electrons. The van der Waals surface area contributed by atoms with E-state index in [4.69, 9.17) is 9.15 Å². The summed E-state index contributed by atoms with van der Waals surface area (Å²) in [7, 11) is 2.09. The third kappa shape index (κ3) is 2.66. The molecule has 0 saturated heterocycles. The maximum Gasteiger partial charge on any atom is 0.140 e. The first-order valence-electron chi connectivity index (χ1n) is 7.73. The van der Waals surface area contributed by atoms with E-state index in [0.717, 1.165) is 40.2 Å². The first-order chi connectivity index (χ1) is 11.1. The van der Waals surface area contributed by atoms with Crippen LogP contribution >= 0.6 is 15.9 Å². The van der Waals surface area contributed by atoms with E-state index in [1.54, 1.807) is 0 Å². The number of halogens is 1. The number of hydrogen-bond acceptors (Lipinski definition) is 3. The molecule has 0 saturated carbocycles. The van der Waals surface area contributed by atoms with Crippen LogP contribution in [0.1, 0.15) is 23.2 Å². The van der Waals surface area contributed by atoms with Crippen molar-refractivity contribution in [3.8, 4) is 5.75 Å². The number of nitrogens with zero attached hydrogens (tertiary/aromatic N) is 1. The van der Waals surface area contributed by atoms with Gasteiger partial charge in [0.15, 0.2) is 0 Å². The van der Waals surface area contributed by atoms with E-state index in [1.807, 2.05) is 25.1 Å². The topological polar surface area (TPSA) is 25.6 Å². The Balaban J connectivity index is 1.72. The highest BCUT2D eigenvalue weighted by Gasteiger charge is 2.28. The predicted molar refractivity (Wildman–Crippen MR) is 94.8 cm³/mol. The summed E-state index contributed by atoms with van der Waals surface area (Å²) in [5.41, 5.74) is 1.17. The number of hydrogen-bond donors (Lipinski definition) is 0. The Morgan fingerprint density at radius 3 is 2.91 bits per heavy atom. The monoisotopic (exact) mass is 371 g/mol. The van der Waals surface area contributed by atoms with Crippen LogP contribution in [-0.4, -0.2) is 18.5 Å². The van der Waals surface area contributed by atoms with E-state index in [-0.39, 0.29) is 6.10 Å². The van der Waals surface area contributed by atoms with E-state index >= 15 is 0 Å². The molecular weight excluding hydrogens is 354 g/mol. The van der Waals surface area contributed by atoms with Crippen LogP contribution in [0.3, 0.4) is 0 Å². The summed E-state index contributed by atoms with van der Waals surface area (Å²) in [6, 6.07) is 14.5. The van der Waals surface area contributed by atoms with Crippen LogP contribution in [0, 0.1) is 6.92 Å². The molecule has 3 aromatic rings. The van der Waals surface area contributed by atoms with Crippen LogP contribution in [0.25, 0.3) is 10.8 Å². The highest BCUT2D eigenvalue weighted by molar-refractivity contribution is 9.10.